The molecule has 1 saturated heterocycles. The van der Waals surface area contributed by atoms with Crippen LogP contribution in [0.15, 0.2) is 36.4 Å². The Kier molecular flexibility index (Phi) is 3.01. The van der Waals surface area contributed by atoms with Gasteiger partial charge in [0.1, 0.15) is 0 Å². The van der Waals surface area contributed by atoms with Crippen LogP contribution in [-0.4, -0.2) is 25.0 Å². The lowest BCUT2D eigenvalue weighted by molar-refractivity contribution is -0.123. The standard InChI is InChI=1S/C17H16N2O4/c1-23-17(22)18-11-4-6-12(7-5-11)19-15(20)13-9-2-3-10(8-9)14(13)16(19)21/h2-7,9-10,13-14H,8H2,1H3,(H,18,22)/t9-,10-,13+,14+/m0/s1. The van der Waals surface area contributed by atoms with Gasteiger partial charge in [0.15, 0.2) is 0 Å². The second-order valence-electron chi connectivity index (χ2n) is 6.18. The number of allylic oxidation sites excluding steroid dienone is 2. The van der Waals surface area contributed by atoms with Crippen LogP contribution in [-0.2, 0) is 14.3 Å². The first kappa shape index (κ1) is 14.0. The summed E-state index contributed by atoms with van der Waals surface area (Å²) in [6.07, 6.45) is 4.50. The quantitative estimate of drug-likeness (QED) is 0.671. The molecule has 0 aromatic heterocycles. The van der Waals surface area contributed by atoms with E-state index in [4.69, 9.17) is 0 Å². The molecule has 2 aliphatic carbocycles. The highest BCUT2D eigenvalue weighted by Crippen LogP contribution is 2.53. The van der Waals surface area contributed by atoms with Gasteiger partial charge in [0.05, 0.1) is 24.6 Å². The number of nitrogens with zero attached hydrogens (tertiary/aromatic N) is 1. The summed E-state index contributed by atoms with van der Waals surface area (Å²) in [5.74, 6) is -0.217. The first-order chi connectivity index (χ1) is 11.1. The fourth-order valence-electron chi connectivity index (χ4n) is 4.02. The summed E-state index contributed by atoms with van der Waals surface area (Å²) in [7, 11) is 1.28. The predicted molar refractivity (Wildman–Crippen MR) is 82.7 cm³/mol. The third-order valence-electron chi connectivity index (χ3n) is 5.03. The Morgan fingerprint density at radius 1 is 1.09 bits per heavy atom. The van der Waals surface area contributed by atoms with Gasteiger partial charge in [0.2, 0.25) is 11.8 Å². The number of hydrogen-bond donors (Lipinski definition) is 1. The molecule has 23 heavy (non-hydrogen) atoms. The molecule has 0 spiro atoms. The maximum Gasteiger partial charge on any atom is 0.411 e. The zero-order valence-electron chi connectivity index (χ0n) is 12.6. The summed E-state index contributed by atoms with van der Waals surface area (Å²) in [5.41, 5.74) is 1.09. The van der Waals surface area contributed by atoms with Gasteiger partial charge in [-0.25, -0.2) is 4.79 Å². The minimum atomic E-state index is -0.566. The molecule has 1 heterocycles. The Morgan fingerprint density at radius 2 is 1.65 bits per heavy atom. The number of rotatable bonds is 2. The van der Waals surface area contributed by atoms with Crippen molar-refractivity contribution < 1.29 is 19.1 Å². The summed E-state index contributed by atoms with van der Waals surface area (Å²) < 4.78 is 4.52. The normalized spacial score (nSPS) is 30.7. The van der Waals surface area contributed by atoms with Crippen LogP contribution in [0.2, 0.25) is 0 Å². The van der Waals surface area contributed by atoms with Crippen molar-refractivity contribution in [3.05, 3.63) is 36.4 Å². The van der Waals surface area contributed by atoms with E-state index in [1.165, 1.54) is 12.0 Å². The molecule has 1 aliphatic heterocycles. The third kappa shape index (κ3) is 1.98. The summed E-state index contributed by atoms with van der Waals surface area (Å²) in [5, 5.41) is 2.54. The highest BCUT2D eigenvalue weighted by Gasteiger charge is 2.59. The van der Waals surface area contributed by atoms with Crippen LogP contribution in [0, 0.1) is 23.7 Å². The molecule has 1 aromatic carbocycles. The second kappa shape index (κ2) is 4.94. The van der Waals surface area contributed by atoms with Gasteiger partial charge in [-0.15, -0.1) is 0 Å². The van der Waals surface area contributed by atoms with E-state index in [1.54, 1.807) is 24.3 Å². The molecule has 6 heteroatoms. The van der Waals surface area contributed by atoms with Crippen LogP contribution < -0.4 is 10.2 Å². The minimum absolute atomic E-state index is 0.106. The van der Waals surface area contributed by atoms with Crippen molar-refractivity contribution in [2.75, 3.05) is 17.3 Å². The van der Waals surface area contributed by atoms with E-state index in [0.717, 1.165) is 6.42 Å². The zero-order valence-corrected chi connectivity index (χ0v) is 12.6. The largest absolute Gasteiger partial charge is 0.453 e. The van der Waals surface area contributed by atoms with Crippen molar-refractivity contribution in [1.29, 1.82) is 0 Å². The molecule has 3 amide bonds. The van der Waals surface area contributed by atoms with E-state index in [9.17, 15) is 14.4 Å². The first-order valence-electron chi connectivity index (χ1n) is 7.61. The van der Waals surface area contributed by atoms with Crippen molar-refractivity contribution in [2.24, 2.45) is 23.7 Å². The molecular formula is C17H16N2O4. The molecule has 0 unspecified atom stereocenters. The Hall–Kier alpha value is -2.63. The number of benzene rings is 1. The number of ether oxygens (including phenoxy) is 1. The smallest absolute Gasteiger partial charge is 0.411 e. The number of imide groups is 1. The highest BCUT2D eigenvalue weighted by atomic mass is 16.5. The van der Waals surface area contributed by atoms with Crippen molar-refractivity contribution in [3.8, 4) is 0 Å². The fraction of sp³-hybridized carbons (Fsp3) is 0.353. The second-order valence-corrected chi connectivity index (χ2v) is 6.18. The maximum absolute atomic E-state index is 12.7. The number of carbonyl (C=O) groups excluding carboxylic acids is 3. The van der Waals surface area contributed by atoms with Crippen molar-refractivity contribution >= 4 is 29.3 Å². The van der Waals surface area contributed by atoms with E-state index in [-0.39, 0.29) is 35.5 Å². The highest BCUT2D eigenvalue weighted by molar-refractivity contribution is 6.22. The summed E-state index contributed by atoms with van der Waals surface area (Å²) in [6.45, 7) is 0. The van der Waals surface area contributed by atoms with Crippen LogP contribution >= 0.6 is 0 Å². The van der Waals surface area contributed by atoms with Crippen LogP contribution in [0.4, 0.5) is 16.2 Å². The zero-order chi connectivity index (χ0) is 16.1. The molecule has 6 nitrogen and oxygen atoms in total. The number of anilines is 2. The Balaban J connectivity index is 1.58. The number of methoxy groups -OCH3 is 1. The van der Waals surface area contributed by atoms with E-state index >= 15 is 0 Å². The molecule has 0 radical (unpaired) electrons. The van der Waals surface area contributed by atoms with E-state index in [0.29, 0.717) is 11.4 Å². The molecule has 1 aromatic rings. The van der Waals surface area contributed by atoms with Gasteiger partial charge in [0.25, 0.3) is 0 Å². The van der Waals surface area contributed by atoms with Gasteiger partial charge in [-0.05, 0) is 42.5 Å². The van der Waals surface area contributed by atoms with Crippen LogP contribution in [0.1, 0.15) is 6.42 Å². The molecule has 2 bridgehead atoms. The van der Waals surface area contributed by atoms with E-state index in [2.05, 4.69) is 22.2 Å². The van der Waals surface area contributed by atoms with Crippen molar-refractivity contribution in [1.82, 2.24) is 0 Å². The Labute approximate surface area is 133 Å². The molecule has 3 aliphatic rings. The Morgan fingerprint density at radius 3 is 2.17 bits per heavy atom. The van der Waals surface area contributed by atoms with Crippen LogP contribution in [0.3, 0.4) is 0 Å². The lowest BCUT2D eigenvalue weighted by Crippen LogP contribution is -2.32. The van der Waals surface area contributed by atoms with E-state index < -0.39 is 6.09 Å². The SMILES string of the molecule is COC(=O)Nc1ccc(N2C(=O)[C@H]3[C@H](C2=O)[C@H]2C=C[C@H]3C2)cc1. The molecule has 4 rings (SSSR count). The van der Waals surface area contributed by atoms with Crippen LogP contribution in [0.5, 0.6) is 0 Å². The molecule has 2 fully saturated rings. The van der Waals surface area contributed by atoms with Gasteiger partial charge in [0, 0.05) is 5.69 Å². The van der Waals surface area contributed by atoms with Gasteiger partial charge in [-0.1, -0.05) is 12.2 Å². The molecule has 118 valence electrons. The third-order valence-corrected chi connectivity index (χ3v) is 5.03. The van der Waals surface area contributed by atoms with Gasteiger partial charge < -0.3 is 4.74 Å². The monoisotopic (exact) mass is 312 g/mol. The first-order valence-corrected chi connectivity index (χ1v) is 7.61. The van der Waals surface area contributed by atoms with Crippen molar-refractivity contribution in [2.45, 2.75) is 6.42 Å². The number of carbonyl (C=O) groups is 3. The van der Waals surface area contributed by atoms with Crippen molar-refractivity contribution in [3.63, 3.8) is 0 Å². The number of nitrogens with one attached hydrogen (secondary N) is 1. The minimum Gasteiger partial charge on any atom is -0.453 e. The lowest BCUT2D eigenvalue weighted by Gasteiger charge is -2.17. The summed E-state index contributed by atoms with van der Waals surface area (Å²) >= 11 is 0. The average molecular weight is 312 g/mol. The van der Waals surface area contributed by atoms with Gasteiger partial charge in [-0.2, -0.15) is 0 Å². The summed E-state index contributed by atoms with van der Waals surface area (Å²) in [4.78, 5) is 37.8. The molecule has 1 N–H and O–H groups in total. The van der Waals surface area contributed by atoms with Gasteiger partial charge >= 0.3 is 6.09 Å². The maximum atomic E-state index is 12.7. The topological polar surface area (TPSA) is 75.7 Å². The molecule has 4 atom stereocenters. The average Bonchev–Trinajstić information content (AvgIpc) is 3.23. The molecular weight excluding hydrogens is 296 g/mol. The number of hydrogen-bond acceptors (Lipinski definition) is 4. The Bertz CT molecular complexity index is 695. The van der Waals surface area contributed by atoms with Gasteiger partial charge in [-0.3, -0.25) is 19.8 Å². The van der Waals surface area contributed by atoms with Crippen LogP contribution in [0.25, 0.3) is 0 Å². The molecule has 1 saturated carbocycles. The predicted octanol–water partition coefficient (Wildman–Crippen LogP) is 2.18. The number of amides is 3. The summed E-state index contributed by atoms with van der Waals surface area (Å²) in [6, 6.07) is 6.62. The fourth-order valence-corrected chi connectivity index (χ4v) is 4.02. The number of fused-ring (bicyclic) bond motifs is 5. The lowest BCUT2D eigenvalue weighted by atomic mass is 9.85. The van der Waals surface area contributed by atoms with E-state index in [1.807, 2.05) is 0 Å².